The monoisotopic (exact) mass is 345 g/mol. The SMILES string of the molecule is C=Cc1nc(CC(/C=C\C)=C/C)c(Cc2cc(C)nc(C)c2)nc1C=C. The van der Waals surface area contributed by atoms with Gasteiger partial charge in [-0.05, 0) is 63.1 Å². The van der Waals surface area contributed by atoms with Crippen molar-refractivity contribution in [2.24, 2.45) is 0 Å². The number of rotatable bonds is 7. The third-order valence-corrected chi connectivity index (χ3v) is 4.13. The molecule has 2 heterocycles. The smallest absolute Gasteiger partial charge is 0.0884 e. The topological polar surface area (TPSA) is 38.7 Å². The average Bonchev–Trinajstić information content (AvgIpc) is 2.61. The highest BCUT2D eigenvalue weighted by molar-refractivity contribution is 5.58. The van der Waals surface area contributed by atoms with E-state index in [1.54, 1.807) is 12.2 Å². The lowest BCUT2D eigenvalue weighted by atomic mass is 10.0. The summed E-state index contributed by atoms with van der Waals surface area (Å²) in [6, 6.07) is 4.21. The molecule has 0 aliphatic carbocycles. The predicted octanol–water partition coefficient (Wildman–Crippen LogP) is 5.43. The largest absolute Gasteiger partial charge is 0.258 e. The molecule has 0 N–H and O–H groups in total. The molecule has 0 amide bonds. The van der Waals surface area contributed by atoms with Gasteiger partial charge in [-0.25, -0.2) is 9.97 Å². The minimum absolute atomic E-state index is 0.720. The second-order valence-electron chi connectivity index (χ2n) is 6.27. The second-order valence-corrected chi connectivity index (χ2v) is 6.27. The molecule has 0 bridgehead atoms. The number of hydrogen-bond donors (Lipinski definition) is 0. The first-order chi connectivity index (χ1) is 12.5. The van der Waals surface area contributed by atoms with Crippen LogP contribution in [0.25, 0.3) is 12.2 Å². The quantitative estimate of drug-likeness (QED) is 0.628. The Labute approximate surface area is 156 Å². The molecule has 0 fully saturated rings. The minimum Gasteiger partial charge on any atom is -0.258 e. The standard InChI is InChI=1S/C23H27N3/c1-7-11-18(8-2)14-22-23(26-21(10-4)20(9-3)25-22)15-19-12-16(5)24-17(6)13-19/h7-13H,3-4,14-15H2,1-2,5-6H3/b11-7-,18-8+. The summed E-state index contributed by atoms with van der Waals surface area (Å²) in [5.74, 6) is 0. The highest BCUT2D eigenvalue weighted by Gasteiger charge is 2.13. The first-order valence-corrected chi connectivity index (χ1v) is 8.87. The van der Waals surface area contributed by atoms with Crippen molar-refractivity contribution in [2.45, 2.75) is 40.5 Å². The third kappa shape index (κ3) is 4.85. The minimum atomic E-state index is 0.720. The van der Waals surface area contributed by atoms with Crippen molar-refractivity contribution in [3.05, 3.63) is 88.8 Å². The number of aromatic nitrogens is 3. The van der Waals surface area contributed by atoms with Gasteiger partial charge in [0.25, 0.3) is 0 Å². The maximum atomic E-state index is 4.84. The average molecular weight is 345 g/mol. The third-order valence-electron chi connectivity index (χ3n) is 4.13. The maximum Gasteiger partial charge on any atom is 0.0884 e. The van der Waals surface area contributed by atoms with Crippen LogP contribution in [0.1, 0.15) is 53.6 Å². The van der Waals surface area contributed by atoms with Crippen LogP contribution in [0.3, 0.4) is 0 Å². The Morgan fingerprint density at radius 3 is 2.00 bits per heavy atom. The van der Waals surface area contributed by atoms with Gasteiger partial charge in [-0.15, -0.1) is 0 Å². The highest BCUT2D eigenvalue weighted by Crippen LogP contribution is 2.19. The van der Waals surface area contributed by atoms with E-state index in [0.717, 1.165) is 47.0 Å². The van der Waals surface area contributed by atoms with Gasteiger partial charge in [0.05, 0.1) is 22.8 Å². The first-order valence-electron chi connectivity index (χ1n) is 8.87. The zero-order valence-corrected chi connectivity index (χ0v) is 16.2. The van der Waals surface area contributed by atoms with E-state index in [1.165, 1.54) is 11.1 Å². The molecule has 2 aromatic heterocycles. The normalized spacial score (nSPS) is 11.8. The van der Waals surface area contributed by atoms with Crippen LogP contribution >= 0.6 is 0 Å². The van der Waals surface area contributed by atoms with Crippen molar-refractivity contribution in [3.63, 3.8) is 0 Å². The van der Waals surface area contributed by atoms with Crippen LogP contribution in [0.4, 0.5) is 0 Å². The molecule has 26 heavy (non-hydrogen) atoms. The van der Waals surface area contributed by atoms with Crippen molar-refractivity contribution >= 4 is 12.2 Å². The Morgan fingerprint density at radius 2 is 1.50 bits per heavy atom. The van der Waals surface area contributed by atoms with Gasteiger partial charge in [0.2, 0.25) is 0 Å². The molecule has 3 nitrogen and oxygen atoms in total. The van der Waals surface area contributed by atoms with Gasteiger partial charge >= 0.3 is 0 Å². The van der Waals surface area contributed by atoms with Crippen LogP contribution in [0, 0.1) is 13.8 Å². The van der Waals surface area contributed by atoms with Crippen molar-refractivity contribution < 1.29 is 0 Å². The van der Waals surface area contributed by atoms with Gasteiger partial charge < -0.3 is 0 Å². The fourth-order valence-electron chi connectivity index (χ4n) is 3.00. The number of hydrogen-bond acceptors (Lipinski definition) is 3. The molecule has 0 spiro atoms. The number of nitrogens with zero attached hydrogens (tertiary/aromatic N) is 3. The molecule has 0 saturated carbocycles. The molecule has 0 saturated heterocycles. The summed E-state index contributed by atoms with van der Waals surface area (Å²) in [6.07, 6.45) is 11.2. The predicted molar refractivity (Wildman–Crippen MR) is 111 cm³/mol. The van der Waals surface area contributed by atoms with Gasteiger partial charge in [0, 0.05) is 24.2 Å². The van der Waals surface area contributed by atoms with Crippen molar-refractivity contribution in [1.29, 1.82) is 0 Å². The van der Waals surface area contributed by atoms with Crippen LogP contribution < -0.4 is 0 Å². The van der Waals surface area contributed by atoms with Gasteiger partial charge in [-0.2, -0.15) is 0 Å². The number of aryl methyl sites for hydroxylation is 2. The lowest BCUT2D eigenvalue weighted by molar-refractivity contribution is 0.919. The van der Waals surface area contributed by atoms with Crippen LogP contribution in [0.5, 0.6) is 0 Å². The van der Waals surface area contributed by atoms with Gasteiger partial charge in [-0.3, -0.25) is 4.98 Å². The van der Waals surface area contributed by atoms with E-state index in [1.807, 2.05) is 33.8 Å². The molecule has 0 atom stereocenters. The molecule has 3 heteroatoms. The zero-order chi connectivity index (χ0) is 19.1. The molecule has 0 radical (unpaired) electrons. The zero-order valence-electron chi connectivity index (χ0n) is 16.2. The van der Waals surface area contributed by atoms with E-state index in [-0.39, 0.29) is 0 Å². The number of pyridine rings is 1. The molecular weight excluding hydrogens is 318 g/mol. The van der Waals surface area contributed by atoms with Crippen LogP contribution in [0.2, 0.25) is 0 Å². The second kappa shape index (κ2) is 9.04. The fraction of sp³-hybridized carbons (Fsp3) is 0.261. The summed E-state index contributed by atoms with van der Waals surface area (Å²) in [5, 5.41) is 0. The van der Waals surface area contributed by atoms with E-state index in [4.69, 9.17) is 9.97 Å². The van der Waals surface area contributed by atoms with Gasteiger partial charge in [-0.1, -0.05) is 31.4 Å². The molecule has 0 aromatic carbocycles. The lowest BCUT2D eigenvalue weighted by Crippen LogP contribution is -2.08. The summed E-state index contributed by atoms with van der Waals surface area (Å²) in [6.45, 7) is 15.8. The summed E-state index contributed by atoms with van der Waals surface area (Å²) in [4.78, 5) is 14.1. The molecule has 0 aliphatic heterocycles. The molecular formula is C23H27N3. The summed E-state index contributed by atoms with van der Waals surface area (Å²) in [5.41, 5.74) is 7.94. The Bertz CT molecular complexity index is 853. The molecule has 0 aliphatic rings. The van der Waals surface area contributed by atoms with E-state index < -0.39 is 0 Å². The molecule has 0 unspecified atom stereocenters. The Balaban J connectivity index is 2.53. The van der Waals surface area contributed by atoms with Crippen LogP contribution in [-0.4, -0.2) is 15.0 Å². The maximum absolute atomic E-state index is 4.84. The Kier molecular flexibility index (Phi) is 6.79. The first kappa shape index (κ1) is 19.5. The van der Waals surface area contributed by atoms with Crippen molar-refractivity contribution in [2.75, 3.05) is 0 Å². The van der Waals surface area contributed by atoms with Crippen LogP contribution in [-0.2, 0) is 12.8 Å². The van der Waals surface area contributed by atoms with E-state index in [9.17, 15) is 0 Å². The van der Waals surface area contributed by atoms with E-state index in [2.05, 4.69) is 42.4 Å². The van der Waals surface area contributed by atoms with E-state index in [0.29, 0.717) is 0 Å². The fourth-order valence-corrected chi connectivity index (χ4v) is 3.00. The Morgan fingerprint density at radius 1 is 0.923 bits per heavy atom. The van der Waals surface area contributed by atoms with Crippen molar-refractivity contribution in [3.8, 4) is 0 Å². The highest BCUT2D eigenvalue weighted by atomic mass is 14.8. The summed E-state index contributed by atoms with van der Waals surface area (Å²) in [7, 11) is 0. The van der Waals surface area contributed by atoms with E-state index >= 15 is 0 Å². The lowest BCUT2D eigenvalue weighted by Gasteiger charge is -2.13. The Hall–Kier alpha value is -2.81. The van der Waals surface area contributed by atoms with Gasteiger partial charge in [0.15, 0.2) is 0 Å². The summed E-state index contributed by atoms with van der Waals surface area (Å²) >= 11 is 0. The summed E-state index contributed by atoms with van der Waals surface area (Å²) < 4.78 is 0. The molecule has 2 aromatic rings. The number of allylic oxidation sites excluding steroid dienone is 4. The van der Waals surface area contributed by atoms with Gasteiger partial charge in [0.1, 0.15) is 0 Å². The molecule has 2 rings (SSSR count). The molecule has 134 valence electrons. The van der Waals surface area contributed by atoms with Crippen molar-refractivity contribution in [1.82, 2.24) is 15.0 Å². The van der Waals surface area contributed by atoms with Crippen LogP contribution in [0.15, 0.2) is 49.1 Å².